The molecule has 0 aliphatic heterocycles. The Labute approximate surface area is 113 Å². The molecule has 1 aliphatic carbocycles. The van der Waals surface area contributed by atoms with Crippen LogP contribution < -0.4 is 5.32 Å². The molecule has 1 aromatic rings. The third-order valence-corrected chi connectivity index (χ3v) is 4.46. The van der Waals surface area contributed by atoms with E-state index in [0.29, 0.717) is 11.6 Å². The van der Waals surface area contributed by atoms with Gasteiger partial charge in [-0.3, -0.25) is 4.79 Å². The van der Waals surface area contributed by atoms with E-state index < -0.39 is 11.7 Å². The van der Waals surface area contributed by atoms with Crippen molar-refractivity contribution in [2.24, 2.45) is 5.41 Å². The van der Waals surface area contributed by atoms with Crippen LogP contribution in [0.4, 0.5) is 4.39 Å². The van der Waals surface area contributed by atoms with Crippen LogP contribution in [0.3, 0.4) is 0 Å². The van der Waals surface area contributed by atoms with Gasteiger partial charge in [0, 0.05) is 16.9 Å². The van der Waals surface area contributed by atoms with Crippen LogP contribution >= 0.6 is 27.5 Å². The molecule has 0 unspecified atom stereocenters. The summed E-state index contributed by atoms with van der Waals surface area (Å²) >= 11 is 9.16. The van der Waals surface area contributed by atoms with Crippen LogP contribution in [0.15, 0.2) is 18.2 Å². The molecule has 0 radical (unpaired) electrons. The molecule has 2 nitrogen and oxygen atoms in total. The summed E-state index contributed by atoms with van der Waals surface area (Å²) in [5.74, 6) is -0.951. The van der Waals surface area contributed by atoms with Gasteiger partial charge in [0.15, 0.2) is 0 Å². The second-order valence-electron chi connectivity index (χ2n) is 4.44. The maximum absolute atomic E-state index is 13.4. The van der Waals surface area contributed by atoms with Gasteiger partial charge in [-0.1, -0.05) is 27.5 Å². The van der Waals surface area contributed by atoms with Crippen molar-refractivity contribution in [1.29, 1.82) is 0 Å². The fraction of sp³-hybridized carbons (Fsp3) is 0.417. The quantitative estimate of drug-likeness (QED) is 0.847. The predicted octanol–water partition coefficient (Wildman–Crippen LogP) is 3.38. The van der Waals surface area contributed by atoms with Crippen LogP contribution in [0.1, 0.15) is 23.2 Å². The van der Waals surface area contributed by atoms with Crippen molar-refractivity contribution in [3.8, 4) is 0 Å². The Morgan fingerprint density at radius 1 is 1.53 bits per heavy atom. The molecule has 1 N–H and O–H groups in total. The molecule has 1 aromatic carbocycles. The third kappa shape index (κ3) is 2.99. The highest BCUT2D eigenvalue weighted by Gasteiger charge is 2.41. The van der Waals surface area contributed by atoms with E-state index in [4.69, 9.17) is 11.6 Å². The van der Waals surface area contributed by atoms with Crippen LogP contribution in [0.2, 0.25) is 5.02 Å². The smallest absolute Gasteiger partial charge is 0.254 e. The third-order valence-electron chi connectivity index (χ3n) is 3.04. The first kappa shape index (κ1) is 12.8. The van der Waals surface area contributed by atoms with Crippen LogP contribution in [0, 0.1) is 11.2 Å². The molecule has 2 rings (SSSR count). The summed E-state index contributed by atoms with van der Waals surface area (Å²) in [5, 5.41) is 3.97. The van der Waals surface area contributed by atoms with E-state index in [9.17, 15) is 9.18 Å². The van der Waals surface area contributed by atoms with E-state index in [1.807, 2.05) is 0 Å². The van der Waals surface area contributed by atoms with Gasteiger partial charge in [-0.2, -0.15) is 0 Å². The summed E-state index contributed by atoms with van der Waals surface area (Å²) in [7, 11) is 0. The molecule has 1 aliphatic rings. The second-order valence-corrected chi connectivity index (χ2v) is 5.44. The first-order chi connectivity index (χ1) is 8.06. The van der Waals surface area contributed by atoms with E-state index in [2.05, 4.69) is 21.2 Å². The van der Waals surface area contributed by atoms with Gasteiger partial charge in [0.05, 0.1) is 5.56 Å². The van der Waals surface area contributed by atoms with E-state index in [1.165, 1.54) is 18.2 Å². The average Bonchev–Trinajstić information content (AvgIpc) is 3.10. The molecular formula is C12H12BrClFNO. The number of hydrogen-bond acceptors (Lipinski definition) is 1. The van der Waals surface area contributed by atoms with Gasteiger partial charge in [-0.25, -0.2) is 4.39 Å². The largest absolute Gasteiger partial charge is 0.351 e. The summed E-state index contributed by atoms with van der Waals surface area (Å²) in [6, 6.07) is 3.98. The summed E-state index contributed by atoms with van der Waals surface area (Å²) in [6.07, 6.45) is 2.19. The number of nitrogens with one attached hydrogen (secondary N) is 1. The molecule has 0 heterocycles. The molecule has 0 atom stereocenters. The van der Waals surface area contributed by atoms with Gasteiger partial charge in [0.2, 0.25) is 0 Å². The van der Waals surface area contributed by atoms with E-state index >= 15 is 0 Å². The monoisotopic (exact) mass is 319 g/mol. The Kier molecular flexibility index (Phi) is 3.73. The molecule has 5 heteroatoms. The standard InChI is InChI=1S/C12H12BrClFNO/c13-6-12(3-4-12)7-16-11(17)9-5-8(14)1-2-10(9)15/h1-2,5H,3-4,6-7H2,(H,16,17). The molecule has 1 saturated carbocycles. The van der Waals surface area contributed by atoms with Gasteiger partial charge in [0.25, 0.3) is 5.91 Å². The minimum absolute atomic E-state index is 0.00266. The van der Waals surface area contributed by atoms with Crippen molar-refractivity contribution >= 4 is 33.4 Å². The zero-order valence-corrected chi connectivity index (χ0v) is 11.4. The Morgan fingerprint density at radius 2 is 2.24 bits per heavy atom. The lowest BCUT2D eigenvalue weighted by Gasteiger charge is -2.13. The highest BCUT2D eigenvalue weighted by molar-refractivity contribution is 9.09. The van der Waals surface area contributed by atoms with Crippen molar-refractivity contribution in [3.05, 3.63) is 34.6 Å². The lowest BCUT2D eigenvalue weighted by Crippen LogP contribution is -2.31. The first-order valence-electron chi connectivity index (χ1n) is 5.36. The van der Waals surface area contributed by atoms with E-state index in [0.717, 1.165) is 18.2 Å². The number of alkyl halides is 1. The SMILES string of the molecule is O=C(NCC1(CBr)CC1)c1cc(Cl)ccc1F. The number of halogens is 3. The fourth-order valence-corrected chi connectivity index (χ4v) is 2.50. The van der Waals surface area contributed by atoms with Crippen molar-refractivity contribution in [1.82, 2.24) is 5.32 Å². The van der Waals surface area contributed by atoms with Crippen molar-refractivity contribution in [2.75, 3.05) is 11.9 Å². The van der Waals surface area contributed by atoms with Gasteiger partial charge >= 0.3 is 0 Å². The molecule has 92 valence electrons. The molecule has 0 saturated heterocycles. The molecule has 1 fully saturated rings. The minimum Gasteiger partial charge on any atom is -0.351 e. The summed E-state index contributed by atoms with van der Waals surface area (Å²) in [6.45, 7) is 0.572. The van der Waals surface area contributed by atoms with Gasteiger partial charge in [0.1, 0.15) is 5.82 Å². The molecular weight excluding hydrogens is 308 g/mol. The number of carbonyl (C=O) groups excluding carboxylic acids is 1. The Hall–Kier alpha value is -0.610. The number of amides is 1. The maximum atomic E-state index is 13.4. The number of carbonyl (C=O) groups is 1. The van der Waals surface area contributed by atoms with Gasteiger partial charge in [-0.05, 0) is 36.5 Å². The zero-order chi connectivity index (χ0) is 12.5. The summed E-state index contributed by atoms with van der Waals surface area (Å²) < 4.78 is 13.4. The second kappa shape index (κ2) is 4.94. The van der Waals surface area contributed by atoms with Crippen molar-refractivity contribution < 1.29 is 9.18 Å². The Bertz CT molecular complexity index is 448. The minimum atomic E-state index is -0.546. The normalized spacial score (nSPS) is 16.6. The van der Waals surface area contributed by atoms with E-state index in [1.54, 1.807) is 0 Å². The lowest BCUT2D eigenvalue weighted by atomic mass is 10.1. The lowest BCUT2D eigenvalue weighted by molar-refractivity contribution is 0.0942. The zero-order valence-electron chi connectivity index (χ0n) is 9.10. The topological polar surface area (TPSA) is 29.1 Å². The summed E-state index contributed by atoms with van der Waals surface area (Å²) in [4.78, 5) is 11.8. The average molecular weight is 321 g/mol. The highest BCUT2D eigenvalue weighted by Crippen LogP contribution is 2.46. The van der Waals surface area contributed by atoms with Crippen LogP contribution in [0.5, 0.6) is 0 Å². The highest BCUT2D eigenvalue weighted by atomic mass is 79.9. The Balaban J connectivity index is 2.02. The van der Waals surface area contributed by atoms with Crippen LogP contribution in [0.25, 0.3) is 0 Å². The van der Waals surface area contributed by atoms with Crippen molar-refractivity contribution in [2.45, 2.75) is 12.8 Å². The fourth-order valence-electron chi connectivity index (χ4n) is 1.57. The van der Waals surface area contributed by atoms with Crippen molar-refractivity contribution in [3.63, 3.8) is 0 Å². The predicted molar refractivity (Wildman–Crippen MR) is 69.2 cm³/mol. The molecule has 17 heavy (non-hydrogen) atoms. The van der Waals surface area contributed by atoms with E-state index in [-0.39, 0.29) is 11.0 Å². The van der Waals surface area contributed by atoms with Gasteiger partial charge < -0.3 is 5.32 Å². The molecule has 0 aromatic heterocycles. The summed E-state index contributed by atoms with van der Waals surface area (Å²) in [5.41, 5.74) is 0.174. The first-order valence-corrected chi connectivity index (χ1v) is 6.85. The molecule has 0 spiro atoms. The molecule has 1 amide bonds. The number of benzene rings is 1. The maximum Gasteiger partial charge on any atom is 0.254 e. The number of rotatable bonds is 4. The van der Waals surface area contributed by atoms with Gasteiger partial charge in [-0.15, -0.1) is 0 Å². The number of hydrogen-bond donors (Lipinski definition) is 1. The molecule has 0 bridgehead atoms. The van der Waals surface area contributed by atoms with Crippen LogP contribution in [-0.4, -0.2) is 17.8 Å². The van der Waals surface area contributed by atoms with Crippen LogP contribution in [-0.2, 0) is 0 Å². The Morgan fingerprint density at radius 3 is 2.82 bits per heavy atom.